The van der Waals surface area contributed by atoms with Crippen LogP contribution in [0, 0.1) is 0 Å². The average molecular weight is 356 g/mol. The highest BCUT2D eigenvalue weighted by atomic mass is 79.9. The molecule has 2 rings (SSSR count). The number of sulfonamides is 1. The number of nitrogens with zero attached hydrogens (tertiary/aromatic N) is 1. The highest BCUT2D eigenvalue weighted by Gasteiger charge is 2.18. The lowest BCUT2D eigenvalue weighted by molar-refractivity contribution is 0.0940. The Morgan fingerprint density at radius 1 is 1.10 bits per heavy atom. The van der Waals surface area contributed by atoms with Crippen LogP contribution in [0.2, 0.25) is 0 Å². The van der Waals surface area contributed by atoms with Crippen molar-refractivity contribution in [1.82, 2.24) is 15.2 Å². The first-order valence-corrected chi connectivity index (χ1v) is 7.76. The Bertz CT molecular complexity index is 720. The van der Waals surface area contributed by atoms with Crippen LogP contribution >= 0.6 is 15.9 Å². The number of carbonyl (C=O) groups is 1. The summed E-state index contributed by atoms with van der Waals surface area (Å²) in [6.07, 6.45) is 1.44. The fraction of sp³-hybridized carbons (Fsp3) is 0. The molecule has 2 N–H and O–H groups in total. The van der Waals surface area contributed by atoms with Gasteiger partial charge in [0.05, 0.1) is 4.90 Å². The minimum atomic E-state index is -3.85. The SMILES string of the molecule is O=C(NNS(=O)(=O)c1ccccc1Br)c1ccccn1. The number of hydrogen-bond donors (Lipinski definition) is 2. The van der Waals surface area contributed by atoms with Gasteiger partial charge in [-0.2, -0.15) is 0 Å². The second kappa shape index (κ2) is 6.12. The van der Waals surface area contributed by atoms with Crippen LogP contribution in [0.15, 0.2) is 58.0 Å². The molecule has 0 aliphatic carbocycles. The first-order chi connectivity index (χ1) is 9.50. The van der Waals surface area contributed by atoms with E-state index in [9.17, 15) is 13.2 Å². The van der Waals surface area contributed by atoms with E-state index in [1.165, 1.54) is 18.3 Å². The summed E-state index contributed by atoms with van der Waals surface area (Å²) in [4.78, 5) is 17.6. The Kier molecular flexibility index (Phi) is 4.48. The molecule has 1 heterocycles. The van der Waals surface area contributed by atoms with Crippen LogP contribution in [0.4, 0.5) is 0 Å². The number of pyridine rings is 1. The van der Waals surface area contributed by atoms with Crippen LogP contribution < -0.4 is 10.3 Å². The third-order valence-electron chi connectivity index (χ3n) is 2.32. The van der Waals surface area contributed by atoms with Gasteiger partial charge in [0.15, 0.2) is 0 Å². The van der Waals surface area contributed by atoms with Crippen LogP contribution in [-0.2, 0) is 10.0 Å². The van der Waals surface area contributed by atoms with E-state index in [2.05, 4.69) is 26.3 Å². The molecule has 0 spiro atoms. The van der Waals surface area contributed by atoms with E-state index in [0.29, 0.717) is 4.47 Å². The van der Waals surface area contributed by atoms with Gasteiger partial charge in [-0.15, -0.1) is 4.83 Å². The molecule has 0 aliphatic rings. The standard InChI is InChI=1S/C12H10BrN3O3S/c13-9-5-1-2-7-11(9)20(18,19)16-15-12(17)10-6-3-4-8-14-10/h1-8,16H,(H,15,17). The van der Waals surface area contributed by atoms with Crippen molar-refractivity contribution >= 4 is 31.9 Å². The van der Waals surface area contributed by atoms with Crippen molar-refractivity contribution in [1.29, 1.82) is 0 Å². The monoisotopic (exact) mass is 355 g/mol. The Morgan fingerprint density at radius 3 is 2.45 bits per heavy atom. The van der Waals surface area contributed by atoms with Gasteiger partial charge < -0.3 is 0 Å². The zero-order valence-electron chi connectivity index (χ0n) is 10.1. The van der Waals surface area contributed by atoms with Gasteiger partial charge in [-0.05, 0) is 40.2 Å². The van der Waals surface area contributed by atoms with E-state index >= 15 is 0 Å². The van der Waals surface area contributed by atoms with Gasteiger partial charge in [-0.3, -0.25) is 15.2 Å². The van der Waals surface area contributed by atoms with Crippen LogP contribution in [0.3, 0.4) is 0 Å². The van der Waals surface area contributed by atoms with Crippen LogP contribution in [0.25, 0.3) is 0 Å². The number of halogens is 1. The lowest BCUT2D eigenvalue weighted by atomic mass is 10.3. The van der Waals surface area contributed by atoms with Crippen molar-refractivity contribution in [3.63, 3.8) is 0 Å². The second-order valence-electron chi connectivity index (χ2n) is 3.71. The van der Waals surface area contributed by atoms with Gasteiger partial charge >= 0.3 is 0 Å². The van der Waals surface area contributed by atoms with E-state index < -0.39 is 15.9 Å². The van der Waals surface area contributed by atoms with E-state index in [0.717, 1.165) is 0 Å². The summed E-state index contributed by atoms with van der Waals surface area (Å²) in [5.41, 5.74) is 2.22. The molecule has 0 fully saturated rings. The maximum Gasteiger partial charge on any atom is 0.284 e. The first-order valence-electron chi connectivity index (χ1n) is 5.48. The fourth-order valence-electron chi connectivity index (χ4n) is 1.39. The molecule has 1 amide bonds. The van der Waals surface area contributed by atoms with Crippen LogP contribution in [-0.4, -0.2) is 19.3 Å². The molecule has 2 aromatic rings. The van der Waals surface area contributed by atoms with Gasteiger partial charge in [0.25, 0.3) is 15.9 Å². The molecule has 0 saturated heterocycles. The predicted molar refractivity (Wildman–Crippen MR) is 76.2 cm³/mol. The van der Waals surface area contributed by atoms with Gasteiger partial charge in [0.1, 0.15) is 5.69 Å². The number of amides is 1. The summed E-state index contributed by atoms with van der Waals surface area (Å²) < 4.78 is 24.4. The quantitative estimate of drug-likeness (QED) is 0.812. The van der Waals surface area contributed by atoms with Crippen molar-refractivity contribution in [2.75, 3.05) is 0 Å². The summed E-state index contributed by atoms with van der Waals surface area (Å²) in [5, 5.41) is 0. The molecule has 0 unspecified atom stereocenters. The first kappa shape index (κ1) is 14.6. The van der Waals surface area contributed by atoms with Gasteiger partial charge in [-0.1, -0.05) is 18.2 Å². The molecule has 1 aromatic heterocycles. The molecule has 6 nitrogen and oxygen atoms in total. The molecule has 20 heavy (non-hydrogen) atoms. The maximum absolute atomic E-state index is 12.0. The highest BCUT2D eigenvalue weighted by molar-refractivity contribution is 9.10. The minimum absolute atomic E-state index is 0.0290. The Morgan fingerprint density at radius 2 is 1.80 bits per heavy atom. The Balaban J connectivity index is 2.11. The number of nitrogens with one attached hydrogen (secondary N) is 2. The highest BCUT2D eigenvalue weighted by Crippen LogP contribution is 2.20. The number of hydrazine groups is 1. The van der Waals surface area contributed by atoms with Gasteiger partial charge in [-0.25, -0.2) is 8.42 Å². The van der Waals surface area contributed by atoms with Crippen molar-refractivity contribution < 1.29 is 13.2 Å². The largest absolute Gasteiger partial charge is 0.284 e. The van der Waals surface area contributed by atoms with Crippen molar-refractivity contribution in [3.05, 3.63) is 58.8 Å². The van der Waals surface area contributed by atoms with E-state index in [1.807, 2.05) is 4.83 Å². The number of benzene rings is 1. The zero-order chi connectivity index (χ0) is 14.6. The molecule has 0 bridgehead atoms. The molecular weight excluding hydrogens is 346 g/mol. The van der Waals surface area contributed by atoms with Crippen LogP contribution in [0.1, 0.15) is 10.5 Å². The Labute approximate surface area is 124 Å². The van der Waals surface area contributed by atoms with Crippen molar-refractivity contribution in [2.45, 2.75) is 4.90 Å². The van der Waals surface area contributed by atoms with Crippen LogP contribution in [0.5, 0.6) is 0 Å². The zero-order valence-corrected chi connectivity index (χ0v) is 12.5. The van der Waals surface area contributed by atoms with E-state index in [4.69, 9.17) is 0 Å². The minimum Gasteiger partial charge on any atom is -0.272 e. The molecule has 8 heteroatoms. The average Bonchev–Trinajstić information content (AvgIpc) is 2.46. The summed E-state index contributed by atoms with van der Waals surface area (Å²) in [7, 11) is -3.85. The number of aromatic nitrogens is 1. The topological polar surface area (TPSA) is 88.2 Å². The lowest BCUT2D eigenvalue weighted by Crippen LogP contribution is -2.41. The Hall–Kier alpha value is -1.77. The predicted octanol–water partition coefficient (Wildman–Crippen LogP) is 1.47. The summed E-state index contributed by atoms with van der Waals surface area (Å²) in [6, 6.07) is 11.0. The molecular formula is C12H10BrN3O3S. The maximum atomic E-state index is 12.0. The summed E-state index contributed by atoms with van der Waals surface area (Å²) in [5.74, 6) is -0.638. The number of rotatable bonds is 4. The van der Waals surface area contributed by atoms with Gasteiger partial charge in [0, 0.05) is 10.7 Å². The van der Waals surface area contributed by atoms with E-state index in [-0.39, 0.29) is 10.6 Å². The molecule has 0 radical (unpaired) electrons. The molecule has 0 atom stereocenters. The molecule has 1 aromatic carbocycles. The van der Waals surface area contributed by atoms with E-state index in [1.54, 1.807) is 30.3 Å². The third kappa shape index (κ3) is 3.41. The summed E-state index contributed by atoms with van der Waals surface area (Å²) >= 11 is 3.14. The molecule has 0 aliphatic heterocycles. The van der Waals surface area contributed by atoms with Gasteiger partial charge in [0.2, 0.25) is 0 Å². The molecule has 104 valence electrons. The second-order valence-corrected chi connectivity index (χ2v) is 6.21. The third-order valence-corrected chi connectivity index (χ3v) is 4.58. The smallest absolute Gasteiger partial charge is 0.272 e. The normalized spacial score (nSPS) is 11.1. The van der Waals surface area contributed by atoms with Crippen molar-refractivity contribution in [3.8, 4) is 0 Å². The lowest BCUT2D eigenvalue weighted by Gasteiger charge is -2.09. The molecule has 0 saturated carbocycles. The fourth-order valence-corrected chi connectivity index (χ4v) is 3.24. The number of hydrogen-bond acceptors (Lipinski definition) is 4. The summed E-state index contributed by atoms with van der Waals surface area (Å²) in [6.45, 7) is 0. The number of carbonyl (C=O) groups excluding carboxylic acids is 1. The van der Waals surface area contributed by atoms with Crippen molar-refractivity contribution in [2.24, 2.45) is 0 Å².